The van der Waals surface area contributed by atoms with Crippen LogP contribution in [0, 0.1) is 12.3 Å². The summed E-state index contributed by atoms with van der Waals surface area (Å²) in [5, 5.41) is 7.40. The molecule has 6 nitrogen and oxygen atoms in total. The molecule has 1 aliphatic carbocycles. The summed E-state index contributed by atoms with van der Waals surface area (Å²) in [5.74, 6) is 0.0998. The lowest BCUT2D eigenvalue weighted by Gasteiger charge is -2.37. The van der Waals surface area contributed by atoms with Crippen LogP contribution < -0.4 is 5.32 Å². The molecule has 2 heterocycles. The molecule has 0 unspecified atom stereocenters. The minimum Gasteiger partial charge on any atom is -0.465 e. The smallest absolute Gasteiger partial charge is 0.337 e. The average molecular weight is 366 g/mol. The lowest BCUT2D eigenvalue weighted by molar-refractivity contribution is -0.118. The number of hydrogen-bond donors (Lipinski definition) is 1. The zero-order valence-corrected chi connectivity index (χ0v) is 15.9. The molecule has 0 radical (unpaired) electrons. The number of allylic oxidation sites excluding steroid dienone is 2. The number of ketones is 1. The van der Waals surface area contributed by atoms with Crippen LogP contribution in [0.1, 0.15) is 59.8 Å². The summed E-state index contributed by atoms with van der Waals surface area (Å²) in [4.78, 5) is 24.8. The second kappa shape index (κ2) is 6.08. The number of aryl methyl sites for hydroxylation is 1. The monoisotopic (exact) mass is 366 g/mol. The normalized spacial score (nSPS) is 20.6. The van der Waals surface area contributed by atoms with Gasteiger partial charge in [0.05, 0.1) is 23.9 Å². The molecule has 6 heteroatoms. The molecule has 140 valence electrons. The number of hydrogen-bond acceptors (Lipinski definition) is 6. The van der Waals surface area contributed by atoms with Crippen molar-refractivity contribution in [2.45, 2.75) is 39.5 Å². The van der Waals surface area contributed by atoms with Crippen LogP contribution in [0.4, 0.5) is 5.88 Å². The van der Waals surface area contributed by atoms with E-state index in [1.165, 1.54) is 7.11 Å². The molecule has 1 atom stereocenters. The van der Waals surface area contributed by atoms with E-state index in [0.717, 1.165) is 34.5 Å². The maximum Gasteiger partial charge on any atom is 0.337 e. The number of carbonyl (C=O) groups excluding carboxylic acids is 2. The van der Waals surface area contributed by atoms with Gasteiger partial charge in [0.25, 0.3) is 0 Å². The number of benzene rings is 1. The van der Waals surface area contributed by atoms with Gasteiger partial charge >= 0.3 is 5.97 Å². The van der Waals surface area contributed by atoms with Crippen LogP contribution in [0.5, 0.6) is 0 Å². The Kier molecular flexibility index (Phi) is 3.94. The van der Waals surface area contributed by atoms with Crippen molar-refractivity contribution in [3.63, 3.8) is 0 Å². The molecule has 1 aromatic carbocycles. The van der Waals surface area contributed by atoms with E-state index in [-0.39, 0.29) is 23.1 Å². The summed E-state index contributed by atoms with van der Waals surface area (Å²) < 4.78 is 10.3. The van der Waals surface area contributed by atoms with Gasteiger partial charge in [0.15, 0.2) is 5.78 Å². The fraction of sp³-hybridized carbons (Fsp3) is 0.381. The molecule has 0 amide bonds. The fourth-order valence-electron chi connectivity index (χ4n) is 4.13. The summed E-state index contributed by atoms with van der Waals surface area (Å²) in [7, 11) is 1.36. The van der Waals surface area contributed by atoms with Gasteiger partial charge in [-0.25, -0.2) is 4.79 Å². The van der Waals surface area contributed by atoms with E-state index in [1.54, 1.807) is 12.1 Å². The first kappa shape index (κ1) is 17.5. The predicted octanol–water partition coefficient (Wildman–Crippen LogP) is 3.97. The first-order chi connectivity index (χ1) is 12.8. The molecular weight excluding hydrogens is 344 g/mol. The molecule has 2 aliphatic rings. The third-order valence-corrected chi connectivity index (χ3v) is 5.34. The zero-order chi connectivity index (χ0) is 19.3. The highest BCUT2D eigenvalue weighted by Gasteiger charge is 2.42. The Labute approximate surface area is 157 Å². The van der Waals surface area contributed by atoms with Gasteiger partial charge in [0.2, 0.25) is 5.88 Å². The van der Waals surface area contributed by atoms with E-state index >= 15 is 0 Å². The SMILES string of the molecule is COC(=O)c1ccc([C@H]2C3=C(CC(C)(C)CC3=O)Nc3onc(C)c32)cc1. The topological polar surface area (TPSA) is 81.4 Å². The molecular formula is C21H22N2O4. The van der Waals surface area contributed by atoms with Gasteiger partial charge in [-0.05, 0) is 36.5 Å². The van der Waals surface area contributed by atoms with Crippen molar-refractivity contribution >= 4 is 17.6 Å². The summed E-state index contributed by atoms with van der Waals surface area (Å²) >= 11 is 0. The molecule has 0 spiro atoms. The summed E-state index contributed by atoms with van der Waals surface area (Å²) in [5.41, 5.74) is 4.62. The maximum atomic E-state index is 13.1. The Hall–Kier alpha value is -2.89. The number of anilines is 1. The van der Waals surface area contributed by atoms with Crippen LogP contribution in [0.3, 0.4) is 0 Å². The van der Waals surface area contributed by atoms with Gasteiger partial charge in [-0.1, -0.05) is 31.1 Å². The van der Waals surface area contributed by atoms with E-state index < -0.39 is 0 Å². The number of aromatic nitrogens is 1. The van der Waals surface area contributed by atoms with Gasteiger partial charge in [0.1, 0.15) is 0 Å². The van der Waals surface area contributed by atoms with Crippen LogP contribution in [-0.4, -0.2) is 24.0 Å². The third-order valence-electron chi connectivity index (χ3n) is 5.34. The fourth-order valence-corrected chi connectivity index (χ4v) is 4.13. The van der Waals surface area contributed by atoms with Crippen LogP contribution in [0.2, 0.25) is 0 Å². The van der Waals surface area contributed by atoms with Crippen molar-refractivity contribution in [2.75, 3.05) is 12.4 Å². The highest BCUT2D eigenvalue weighted by Crippen LogP contribution is 2.49. The van der Waals surface area contributed by atoms with Crippen molar-refractivity contribution in [3.05, 3.63) is 57.9 Å². The van der Waals surface area contributed by atoms with E-state index in [4.69, 9.17) is 9.26 Å². The first-order valence-corrected chi connectivity index (χ1v) is 8.98. The summed E-state index contributed by atoms with van der Waals surface area (Å²) in [6, 6.07) is 7.19. The Morgan fingerprint density at radius 1 is 1.26 bits per heavy atom. The van der Waals surface area contributed by atoms with E-state index in [2.05, 4.69) is 24.3 Å². The van der Waals surface area contributed by atoms with Crippen molar-refractivity contribution in [1.82, 2.24) is 5.16 Å². The van der Waals surface area contributed by atoms with Gasteiger partial charge in [0, 0.05) is 23.6 Å². The second-order valence-electron chi connectivity index (χ2n) is 8.02. The number of nitrogens with one attached hydrogen (secondary N) is 1. The first-order valence-electron chi connectivity index (χ1n) is 8.98. The maximum absolute atomic E-state index is 13.1. The second-order valence-corrected chi connectivity index (χ2v) is 8.02. The zero-order valence-electron chi connectivity index (χ0n) is 15.9. The quantitative estimate of drug-likeness (QED) is 0.810. The minimum atomic E-state index is -0.385. The Balaban J connectivity index is 1.85. The van der Waals surface area contributed by atoms with Crippen LogP contribution >= 0.6 is 0 Å². The number of rotatable bonds is 2. The lowest BCUT2D eigenvalue weighted by Crippen LogP contribution is -2.33. The highest BCUT2D eigenvalue weighted by molar-refractivity contribution is 6.01. The van der Waals surface area contributed by atoms with E-state index in [9.17, 15) is 9.59 Å². The van der Waals surface area contributed by atoms with E-state index in [1.807, 2.05) is 19.1 Å². The molecule has 0 saturated carbocycles. The van der Waals surface area contributed by atoms with Gasteiger partial charge in [-0.3, -0.25) is 4.79 Å². The number of Topliss-reactive ketones (excluding diaryl/α,β-unsaturated/α-hetero) is 1. The Morgan fingerprint density at radius 2 is 1.96 bits per heavy atom. The summed E-state index contributed by atoms with van der Waals surface area (Å²) in [6.45, 7) is 6.07. The minimum absolute atomic E-state index is 0.102. The number of nitrogens with zero attached hydrogens (tertiary/aromatic N) is 1. The summed E-state index contributed by atoms with van der Waals surface area (Å²) in [6.07, 6.45) is 1.27. The number of carbonyl (C=O) groups is 2. The van der Waals surface area contributed by atoms with Gasteiger partial charge in [-0.15, -0.1) is 0 Å². The Morgan fingerprint density at radius 3 is 2.63 bits per heavy atom. The van der Waals surface area contributed by atoms with Crippen molar-refractivity contribution in [3.8, 4) is 0 Å². The van der Waals surface area contributed by atoms with E-state index in [0.29, 0.717) is 17.9 Å². The average Bonchev–Trinajstić information content (AvgIpc) is 2.99. The third kappa shape index (κ3) is 2.85. The molecule has 0 saturated heterocycles. The van der Waals surface area contributed by atoms with Gasteiger partial charge in [-0.2, -0.15) is 0 Å². The van der Waals surface area contributed by atoms with Crippen molar-refractivity contribution in [1.29, 1.82) is 0 Å². The van der Waals surface area contributed by atoms with Crippen LogP contribution in [0.15, 0.2) is 40.1 Å². The number of ether oxygens (including phenoxy) is 1. The molecule has 1 aliphatic heterocycles. The molecule has 4 rings (SSSR count). The van der Waals surface area contributed by atoms with Crippen LogP contribution in [0.25, 0.3) is 0 Å². The number of esters is 1. The Bertz CT molecular complexity index is 967. The molecule has 1 N–H and O–H groups in total. The highest BCUT2D eigenvalue weighted by atomic mass is 16.5. The van der Waals surface area contributed by atoms with Crippen molar-refractivity contribution in [2.24, 2.45) is 5.41 Å². The number of fused-ring (bicyclic) bond motifs is 1. The predicted molar refractivity (Wildman–Crippen MR) is 99.5 cm³/mol. The lowest BCUT2D eigenvalue weighted by atomic mass is 9.69. The molecule has 0 bridgehead atoms. The van der Waals surface area contributed by atoms with Crippen molar-refractivity contribution < 1.29 is 18.8 Å². The largest absolute Gasteiger partial charge is 0.465 e. The number of methoxy groups -OCH3 is 1. The molecule has 1 aromatic heterocycles. The molecule has 0 fully saturated rings. The standard InChI is InChI=1S/C21H22N2O4/c1-11-16-17(12-5-7-13(8-6-12)20(25)26-4)18-14(22-19(16)27-23-11)9-21(2,3)10-15(18)24/h5-8,17,22H,9-10H2,1-4H3/t17-/m1/s1. The molecule has 2 aromatic rings. The van der Waals surface area contributed by atoms with Crippen LogP contribution in [-0.2, 0) is 9.53 Å². The molecule has 27 heavy (non-hydrogen) atoms. The van der Waals surface area contributed by atoms with Gasteiger partial charge < -0.3 is 14.6 Å².